The summed E-state index contributed by atoms with van der Waals surface area (Å²) >= 11 is 0. The second-order valence-corrected chi connectivity index (χ2v) is 4.47. The number of urea groups is 1. The first-order valence-electron chi connectivity index (χ1n) is 6.29. The number of likely N-dealkylation sites (N-methyl/N-ethyl adjacent to an activating group) is 1. The van der Waals surface area contributed by atoms with Crippen LogP contribution in [0.4, 0.5) is 15.3 Å². The summed E-state index contributed by atoms with van der Waals surface area (Å²) in [4.78, 5) is 25.2. The molecule has 0 radical (unpaired) electrons. The van der Waals surface area contributed by atoms with Gasteiger partial charge in [0, 0.05) is 14.2 Å². The minimum absolute atomic E-state index is 0.0372. The lowest BCUT2D eigenvalue weighted by Crippen LogP contribution is -2.52. The van der Waals surface area contributed by atoms with E-state index in [1.165, 1.54) is 12.0 Å². The lowest BCUT2D eigenvalue weighted by Gasteiger charge is -2.32. The molecular formula is C13H17N3O5. The molecule has 1 aliphatic rings. The number of anilines is 1. The van der Waals surface area contributed by atoms with Gasteiger partial charge in [-0.3, -0.25) is 0 Å². The molecule has 0 bridgehead atoms. The largest absolute Gasteiger partial charge is 0.463 e. The highest BCUT2D eigenvalue weighted by Gasteiger charge is 2.42. The fourth-order valence-corrected chi connectivity index (χ4v) is 2.07. The molecular weight excluding hydrogens is 278 g/mol. The van der Waals surface area contributed by atoms with Gasteiger partial charge >= 0.3 is 12.1 Å². The average Bonchev–Trinajstić information content (AvgIpc) is 2.74. The zero-order valence-corrected chi connectivity index (χ0v) is 11.8. The predicted molar refractivity (Wildman–Crippen MR) is 73.6 cm³/mol. The van der Waals surface area contributed by atoms with E-state index in [4.69, 9.17) is 9.47 Å². The topological polar surface area (TPSA) is 82.6 Å². The zero-order chi connectivity index (χ0) is 15.4. The van der Waals surface area contributed by atoms with Gasteiger partial charge in [-0.05, 0) is 12.1 Å². The van der Waals surface area contributed by atoms with Crippen molar-refractivity contribution < 1.29 is 24.2 Å². The number of carbonyl (C=O) groups is 2. The van der Waals surface area contributed by atoms with Gasteiger partial charge in [0.2, 0.25) is 0 Å². The number of hydrogen-bond donors (Lipinski definition) is 1. The van der Waals surface area contributed by atoms with E-state index in [-0.39, 0.29) is 13.3 Å². The van der Waals surface area contributed by atoms with Gasteiger partial charge in [0.15, 0.2) is 6.23 Å². The molecule has 1 fully saturated rings. The predicted octanol–water partition coefficient (Wildman–Crippen LogP) is 1.40. The van der Waals surface area contributed by atoms with Gasteiger partial charge in [0.25, 0.3) is 0 Å². The normalized spacial score (nSPS) is 18.2. The summed E-state index contributed by atoms with van der Waals surface area (Å²) in [5.41, 5.74) is 0.361. The van der Waals surface area contributed by atoms with Crippen molar-refractivity contribution in [3.05, 3.63) is 30.3 Å². The molecule has 0 aliphatic carbocycles. The van der Waals surface area contributed by atoms with E-state index >= 15 is 0 Å². The summed E-state index contributed by atoms with van der Waals surface area (Å²) < 4.78 is 10.2. The van der Waals surface area contributed by atoms with Gasteiger partial charge in [-0.1, -0.05) is 18.2 Å². The number of methoxy groups -OCH3 is 1. The number of carbonyl (C=O) groups excluding carboxylic acids is 1. The highest BCUT2D eigenvalue weighted by Crippen LogP contribution is 2.24. The molecule has 1 aromatic carbocycles. The Morgan fingerprint density at radius 2 is 2.10 bits per heavy atom. The number of hydrazine groups is 1. The van der Waals surface area contributed by atoms with Gasteiger partial charge in [-0.15, -0.1) is 0 Å². The molecule has 8 nitrogen and oxygen atoms in total. The summed E-state index contributed by atoms with van der Waals surface area (Å²) in [7, 11) is 3.04. The van der Waals surface area contributed by atoms with Crippen molar-refractivity contribution in [2.75, 3.05) is 32.5 Å². The van der Waals surface area contributed by atoms with Crippen LogP contribution in [-0.2, 0) is 9.47 Å². The minimum atomic E-state index is -1.27. The third-order valence-electron chi connectivity index (χ3n) is 3.00. The number of rotatable bonds is 5. The van der Waals surface area contributed by atoms with Gasteiger partial charge < -0.3 is 19.5 Å². The molecule has 0 aromatic heterocycles. The van der Waals surface area contributed by atoms with Crippen molar-refractivity contribution in [1.82, 2.24) is 9.91 Å². The molecule has 0 spiro atoms. The highest BCUT2D eigenvalue weighted by atomic mass is 16.7. The van der Waals surface area contributed by atoms with Crippen LogP contribution in [0.25, 0.3) is 0 Å². The van der Waals surface area contributed by atoms with Crippen LogP contribution in [0.1, 0.15) is 0 Å². The molecule has 114 valence electrons. The molecule has 1 heterocycles. The number of nitrogens with zero attached hydrogens (tertiary/aromatic N) is 3. The van der Waals surface area contributed by atoms with Crippen LogP contribution in [0, 0.1) is 0 Å². The van der Waals surface area contributed by atoms with E-state index in [1.807, 2.05) is 0 Å². The number of benzene rings is 1. The molecule has 1 atom stereocenters. The molecule has 3 amide bonds. The summed E-state index contributed by atoms with van der Waals surface area (Å²) in [6.45, 7) is 0.212. The molecule has 0 saturated carbocycles. The second kappa shape index (κ2) is 6.42. The first-order chi connectivity index (χ1) is 10.1. The average molecular weight is 295 g/mol. The summed E-state index contributed by atoms with van der Waals surface area (Å²) in [5, 5.41) is 11.4. The Morgan fingerprint density at radius 3 is 2.67 bits per heavy atom. The Labute approximate surface area is 122 Å². The molecule has 1 saturated heterocycles. The lowest BCUT2D eigenvalue weighted by molar-refractivity contribution is -0.107. The quantitative estimate of drug-likeness (QED) is 0.830. The molecule has 1 unspecified atom stereocenters. The zero-order valence-electron chi connectivity index (χ0n) is 11.8. The van der Waals surface area contributed by atoms with Gasteiger partial charge in [-0.2, -0.15) is 10.0 Å². The summed E-state index contributed by atoms with van der Waals surface area (Å²) in [6, 6.07) is 7.91. The van der Waals surface area contributed by atoms with Crippen molar-refractivity contribution in [2.45, 2.75) is 6.23 Å². The van der Waals surface area contributed by atoms with E-state index in [1.54, 1.807) is 37.4 Å². The molecule has 1 N–H and O–H groups in total. The van der Waals surface area contributed by atoms with E-state index in [0.29, 0.717) is 5.69 Å². The van der Waals surface area contributed by atoms with Crippen molar-refractivity contribution >= 4 is 17.8 Å². The maximum Gasteiger partial charge on any atom is 0.431 e. The van der Waals surface area contributed by atoms with Crippen molar-refractivity contribution in [2.24, 2.45) is 0 Å². The number of amides is 3. The first-order valence-corrected chi connectivity index (χ1v) is 6.29. The fraction of sp³-hybridized carbons (Fsp3) is 0.385. The molecule has 8 heteroatoms. The van der Waals surface area contributed by atoms with Gasteiger partial charge in [0.05, 0.1) is 12.2 Å². The van der Waals surface area contributed by atoms with E-state index < -0.39 is 18.4 Å². The number of carboxylic acid groups (broad SMARTS) is 1. The lowest BCUT2D eigenvalue weighted by atomic mass is 10.3. The standard InChI is InChI=1S/C13H17N3O5/c1-14-8-11(21-9-20-2)16(12(14)17)15(13(18)19)10-6-4-3-5-7-10/h3-7,11H,8-9H2,1-2H3,(H,18,19). The third-order valence-corrected chi connectivity index (χ3v) is 3.00. The molecule has 1 aliphatic heterocycles. The van der Waals surface area contributed by atoms with Crippen LogP contribution < -0.4 is 5.01 Å². The summed E-state index contributed by atoms with van der Waals surface area (Å²) in [6.07, 6.45) is -2.00. The van der Waals surface area contributed by atoms with Crippen LogP contribution in [0.15, 0.2) is 30.3 Å². The fourth-order valence-electron chi connectivity index (χ4n) is 2.07. The summed E-state index contributed by atoms with van der Waals surface area (Å²) in [5.74, 6) is 0. The van der Waals surface area contributed by atoms with Crippen molar-refractivity contribution in [3.63, 3.8) is 0 Å². The van der Waals surface area contributed by atoms with Crippen LogP contribution >= 0.6 is 0 Å². The monoisotopic (exact) mass is 295 g/mol. The maximum atomic E-state index is 12.2. The van der Waals surface area contributed by atoms with Crippen molar-refractivity contribution in [3.8, 4) is 0 Å². The second-order valence-electron chi connectivity index (χ2n) is 4.47. The van der Waals surface area contributed by atoms with Crippen LogP contribution in [0.5, 0.6) is 0 Å². The number of para-hydroxylation sites is 1. The minimum Gasteiger partial charge on any atom is -0.463 e. The first kappa shape index (κ1) is 15.1. The maximum absolute atomic E-state index is 12.2. The molecule has 2 rings (SSSR count). The Hall–Kier alpha value is -2.32. The Bertz CT molecular complexity index is 510. The smallest absolute Gasteiger partial charge is 0.431 e. The SMILES string of the molecule is COCOC1CN(C)C(=O)N1N(C(=O)O)c1ccccc1. The van der Waals surface area contributed by atoms with Crippen LogP contribution in [-0.4, -0.2) is 60.9 Å². The number of hydrogen-bond acceptors (Lipinski definition) is 4. The Morgan fingerprint density at radius 1 is 1.43 bits per heavy atom. The van der Waals surface area contributed by atoms with Crippen LogP contribution in [0.2, 0.25) is 0 Å². The third kappa shape index (κ3) is 3.06. The van der Waals surface area contributed by atoms with Gasteiger partial charge in [-0.25, -0.2) is 9.59 Å². The van der Waals surface area contributed by atoms with Crippen molar-refractivity contribution in [1.29, 1.82) is 0 Å². The van der Waals surface area contributed by atoms with Gasteiger partial charge in [0.1, 0.15) is 6.79 Å². The number of ether oxygens (including phenoxy) is 2. The molecule has 1 aromatic rings. The Balaban J connectivity index is 2.32. The van der Waals surface area contributed by atoms with Crippen LogP contribution in [0.3, 0.4) is 0 Å². The Kier molecular flexibility index (Phi) is 4.61. The highest BCUT2D eigenvalue weighted by molar-refractivity contribution is 5.91. The van der Waals surface area contributed by atoms with E-state index in [2.05, 4.69) is 0 Å². The molecule has 21 heavy (non-hydrogen) atoms. The van der Waals surface area contributed by atoms with E-state index in [0.717, 1.165) is 10.0 Å². The van der Waals surface area contributed by atoms with E-state index in [9.17, 15) is 14.7 Å².